The van der Waals surface area contributed by atoms with Gasteiger partial charge in [-0.2, -0.15) is 0 Å². The van der Waals surface area contributed by atoms with Crippen LogP contribution in [0.4, 0.5) is 0 Å². The highest BCUT2D eigenvalue weighted by atomic mass is 127. The molecular weight excluding hydrogens is 475 g/mol. The van der Waals surface area contributed by atoms with Gasteiger partial charge in [-0.05, 0) is 25.7 Å². The number of guanidine groups is 1. The summed E-state index contributed by atoms with van der Waals surface area (Å²) in [5.41, 5.74) is 0. The maximum absolute atomic E-state index is 12.4. The van der Waals surface area contributed by atoms with E-state index in [1.807, 2.05) is 11.9 Å². The minimum absolute atomic E-state index is 0. The van der Waals surface area contributed by atoms with Crippen LogP contribution in [0.2, 0.25) is 0 Å². The molecule has 3 heterocycles. The summed E-state index contributed by atoms with van der Waals surface area (Å²) in [5, 5.41) is 3.41. The standard InChI is InChI=1S/C19H34N4O4.HI/c1-20-19(21-6-3-11-25-14-16-5-13-26-15-16)23-9-7-22(8-10-23)18(24)17-4-2-12-27-17;/h16-17H,2-15H2,1H3,(H,20,21);1H. The normalized spacial score (nSPS) is 25.7. The number of halogens is 1. The molecule has 3 saturated heterocycles. The first-order valence-electron chi connectivity index (χ1n) is 10.3. The van der Waals surface area contributed by atoms with Gasteiger partial charge in [0.1, 0.15) is 6.10 Å². The molecule has 2 atom stereocenters. The summed E-state index contributed by atoms with van der Waals surface area (Å²) in [6.07, 6.45) is 3.70. The average Bonchev–Trinajstić information content (AvgIpc) is 3.41. The second kappa shape index (κ2) is 12.8. The van der Waals surface area contributed by atoms with Crippen molar-refractivity contribution in [3.8, 4) is 0 Å². The number of rotatable bonds is 7. The molecular formula is C19H35IN4O4. The van der Waals surface area contributed by atoms with Gasteiger partial charge in [-0.1, -0.05) is 0 Å². The number of carbonyl (C=O) groups excluding carboxylic acids is 1. The van der Waals surface area contributed by atoms with Gasteiger partial charge in [-0.25, -0.2) is 0 Å². The lowest BCUT2D eigenvalue weighted by Crippen LogP contribution is -2.55. The fraction of sp³-hybridized carbons (Fsp3) is 0.895. The SMILES string of the molecule is CN=C(NCCCOCC1CCOC1)N1CCN(C(=O)C2CCCO2)CC1.I. The van der Waals surface area contributed by atoms with Gasteiger partial charge >= 0.3 is 0 Å². The lowest BCUT2D eigenvalue weighted by molar-refractivity contribution is -0.142. The molecule has 0 aromatic heterocycles. The molecule has 0 saturated carbocycles. The van der Waals surface area contributed by atoms with Gasteiger partial charge in [0, 0.05) is 65.5 Å². The molecule has 3 rings (SSSR count). The van der Waals surface area contributed by atoms with Gasteiger partial charge in [0.2, 0.25) is 0 Å². The molecule has 8 nitrogen and oxygen atoms in total. The second-order valence-corrected chi connectivity index (χ2v) is 7.45. The van der Waals surface area contributed by atoms with Crippen LogP contribution in [0.3, 0.4) is 0 Å². The molecule has 0 bridgehead atoms. The first-order chi connectivity index (χ1) is 13.3. The largest absolute Gasteiger partial charge is 0.381 e. The number of aliphatic imine (C=N–C) groups is 1. The number of piperazine rings is 1. The third kappa shape index (κ3) is 7.00. The van der Waals surface area contributed by atoms with Gasteiger partial charge in [0.25, 0.3) is 5.91 Å². The number of nitrogens with one attached hydrogen (secondary N) is 1. The molecule has 9 heteroatoms. The molecule has 1 amide bonds. The first kappa shape index (κ1) is 23.6. The zero-order valence-electron chi connectivity index (χ0n) is 16.9. The summed E-state index contributed by atoms with van der Waals surface area (Å²) in [6.45, 7) is 7.88. The molecule has 162 valence electrons. The van der Waals surface area contributed by atoms with E-state index in [2.05, 4.69) is 15.2 Å². The van der Waals surface area contributed by atoms with Gasteiger partial charge in [0.05, 0.1) is 13.2 Å². The van der Waals surface area contributed by atoms with Gasteiger partial charge in [-0.3, -0.25) is 9.79 Å². The summed E-state index contributed by atoms with van der Waals surface area (Å²) in [7, 11) is 1.81. The van der Waals surface area contributed by atoms with Crippen molar-refractivity contribution < 1.29 is 19.0 Å². The first-order valence-corrected chi connectivity index (χ1v) is 10.3. The summed E-state index contributed by atoms with van der Waals surface area (Å²) in [6, 6.07) is 0. The lowest BCUT2D eigenvalue weighted by Gasteiger charge is -2.37. The highest BCUT2D eigenvalue weighted by molar-refractivity contribution is 14.0. The Balaban J connectivity index is 0.00000280. The molecule has 0 aromatic carbocycles. The van der Waals surface area contributed by atoms with Crippen LogP contribution in [0.15, 0.2) is 4.99 Å². The number of hydrogen-bond donors (Lipinski definition) is 1. The summed E-state index contributed by atoms with van der Waals surface area (Å²) < 4.78 is 16.6. The molecule has 0 spiro atoms. The topological polar surface area (TPSA) is 75.6 Å². The van der Waals surface area contributed by atoms with E-state index in [9.17, 15) is 4.79 Å². The van der Waals surface area contributed by atoms with E-state index in [4.69, 9.17) is 14.2 Å². The number of amides is 1. The highest BCUT2D eigenvalue weighted by Crippen LogP contribution is 2.16. The van der Waals surface area contributed by atoms with E-state index in [1.165, 1.54) is 0 Å². The summed E-state index contributed by atoms with van der Waals surface area (Å²) >= 11 is 0. The van der Waals surface area contributed by atoms with Crippen molar-refractivity contribution in [3.05, 3.63) is 0 Å². The Hall–Kier alpha value is -0.650. The van der Waals surface area contributed by atoms with E-state index < -0.39 is 0 Å². The zero-order chi connectivity index (χ0) is 18.9. The highest BCUT2D eigenvalue weighted by Gasteiger charge is 2.30. The van der Waals surface area contributed by atoms with Crippen LogP contribution in [0, 0.1) is 5.92 Å². The van der Waals surface area contributed by atoms with Crippen LogP contribution in [-0.4, -0.2) is 101 Å². The van der Waals surface area contributed by atoms with Crippen molar-refractivity contribution >= 4 is 35.8 Å². The van der Waals surface area contributed by atoms with Crippen molar-refractivity contribution in [1.82, 2.24) is 15.1 Å². The number of hydrogen-bond acceptors (Lipinski definition) is 5. The smallest absolute Gasteiger partial charge is 0.251 e. The van der Waals surface area contributed by atoms with Crippen LogP contribution < -0.4 is 5.32 Å². The second-order valence-electron chi connectivity index (χ2n) is 7.45. The zero-order valence-corrected chi connectivity index (χ0v) is 19.3. The van der Waals surface area contributed by atoms with Gasteiger partial charge in [-0.15, -0.1) is 24.0 Å². The monoisotopic (exact) mass is 510 g/mol. The molecule has 3 aliphatic heterocycles. The average molecular weight is 510 g/mol. The van der Waals surface area contributed by atoms with Gasteiger partial charge < -0.3 is 29.3 Å². The van der Waals surface area contributed by atoms with E-state index in [0.717, 1.165) is 90.8 Å². The Kier molecular flexibility index (Phi) is 10.8. The minimum atomic E-state index is -0.218. The Morgan fingerprint density at radius 1 is 1.18 bits per heavy atom. The van der Waals surface area contributed by atoms with Crippen LogP contribution in [0.1, 0.15) is 25.7 Å². The fourth-order valence-electron chi connectivity index (χ4n) is 3.79. The lowest BCUT2D eigenvalue weighted by atomic mass is 10.1. The van der Waals surface area contributed by atoms with Crippen molar-refractivity contribution in [1.29, 1.82) is 0 Å². The van der Waals surface area contributed by atoms with E-state index in [-0.39, 0.29) is 36.0 Å². The number of ether oxygens (including phenoxy) is 3. The molecule has 3 fully saturated rings. The third-order valence-electron chi connectivity index (χ3n) is 5.43. The minimum Gasteiger partial charge on any atom is -0.381 e. The van der Waals surface area contributed by atoms with Crippen LogP contribution in [-0.2, 0) is 19.0 Å². The molecule has 3 aliphatic rings. The van der Waals surface area contributed by atoms with Crippen molar-refractivity contribution in [2.45, 2.75) is 31.8 Å². The number of carbonyl (C=O) groups is 1. The van der Waals surface area contributed by atoms with E-state index in [1.54, 1.807) is 0 Å². The van der Waals surface area contributed by atoms with Crippen molar-refractivity contribution in [2.75, 3.05) is 72.8 Å². The Labute approximate surface area is 185 Å². The molecule has 2 unspecified atom stereocenters. The Morgan fingerprint density at radius 3 is 2.61 bits per heavy atom. The van der Waals surface area contributed by atoms with E-state index >= 15 is 0 Å². The summed E-state index contributed by atoms with van der Waals surface area (Å²) in [5.74, 6) is 1.63. The Bertz CT molecular complexity index is 488. The van der Waals surface area contributed by atoms with Crippen molar-refractivity contribution in [3.63, 3.8) is 0 Å². The molecule has 0 aliphatic carbocycles. The van der Waals surface area contributed by atoms with Crippen LogP contribution in [0.25, 0.3) is 0 Å². The quantitative estimate of drug-likeness (QED) is 0.238. The maximum atomic E-state index is 12.4. The van der Waals surface area contributed by atoms with Crippen LogP contribution >= 0.6 is 24.0 Å². The number of nitrogens with zero attached hydrogens (tertiary/aromatic N) is 3. The molecule has 0 radical (unpaired) electrons. The molecule has 1 N–H and O–H groups in total. The Morgan fingerprint density at radius 2 is 1.96 bits per heavy atom. The maximum Gasteiger partial charge on any atom is 0.251 e. The third-order valence-corrected chi connectivity index (χ3v) is 5.43. The van der Waals surface area contributed by atoms with E-state index in [0.29, 0.717) is 12.5 Å². The predicted molar refractivity (Wildman–Crippen MR) is 118 cm³/mol. The molecule has 0 aromatic rings. The predicted octanol–water partition coefficient (Wildman–Crippen LogP) is 0.946. The van der Waals surface area contributed by atoms with Gasteiger partial charge in [0.15, 0.2) is 5.96 Å². The molecule has 28 heavy (non-hydrogen) atoms. The fourth-order valence-corrected chi connectivity index (χ4v) is 3.79. The summed E-state index contributed by atoms with van der Waals surface area (Å²) in [4.78, 5) is 21.0. The van der Waals surface area contributed by atoms with Crippen LogP contribution in [0.5, 0.6) is 0 Å². The van der Waals surface area contributed by atoms with Crippen molar-refractivity contribution in [2.24, 2.45) is 10.9 Å².